The van der Waals surface area contributed by atoms with Gasteiger partial charge in [-0.2, -0.15) is 0 Å². The van der Waals surface area contributed by atoms with Gasteiger partial charge in [0.2, 0.25) is 0 Å². The number of nitrogens with two attached hydrogens (primary N) is 1. The second kappa shape index (κ2) is 22.2. The van der Waals surface area contributed by atoms with Gasteiger partial charge in [0.1, 0.15) is 0 Å². The van der Waals surface area contributed by atoms with Gasteiger partial charge in [-0.15, -0.1) is 12.4 Å². The minimum Gasteiger partial charge on any atom is -0.395 e. The number of hydrogen-bond donors (Lipinski definition) is 2. The summed E-state index contributed by atoms with van der Waals surface area (Å²) in [6.07, 6.45) is 23.4. The molecule has 0 aromatic rings. The van der Waals surface area contributed by atoms with E-state index in [1.807, 2.05) is 0 Å². The standard InChI is InChI=1S/C20H43NO.ClH/c1-2-3-4-5-6-7-8-9-10-11-12-13-14-15-16-17-18-20(21)19-22;/h20,22H,2-19,21H2,1H3;1H. The summed E-state index contributed by atoms with van der Waals surface area (Å²) < 4.78 is 0. The molecule has 3 heteroatoms. The highest BCUT2D eigenvalue weighted by atomic mass is 35.5. The van der Waals surface area contributed by atoms with Gasteiger partial charge in [-0.1, -0.05) is 110 Å². The molecule has 0 radical (unpaired) electrons. The Hall–Kier alpha value is 0.210. The Morgan fingerprint density at radius 2 is 0.913 bits per heavy atom. The highest BCUT2D eigenvalue weighted by molar-refractivity contribution is 5.85. The third kappa shape index (κ3) is 22.2. The third-order valence-corrected chi connectivity index (χ3v) is 4.66. The Bertz CT molecular complexity index is 202. The molecule has 1 atom stereocenters. The van der Waals surface area contributed by atoms with Crippen LogP contribution >= 0.6 is 12.4 Å². The van der Waals surface area contributed by atoms with E-state index in [-0.39, 0.29) is 25.1 Å². The van der Waals surface area contributed by atoms with Gasteiger partial charge in [0, 0.05) is 6.04 Å². The van der Waals surface area contributed by atoms with Crippen LogP contribution in [0.4, 0.5) is 0 Å². The van der Waals surface area contributed by atoms with Crippen molar-refractivity contribution in [3.63, 3.8) is 0 Å². The third-order valence-electron chi connectivity index (χ3n) is 4.66. The number of hydrogen-bond acceptors (Lipinski definition) is 2. The highest BCUT2D eigenvalue weighted by Gasteiger charge is 1.99. The highest BCUT2D eigenvalue weighted by Crippen LogP contribution is 2.14. The number of rotatable bonds is 18. The SMILES string of the molecule is CCCCCCCCCCCCCCCCCCC(N)CO.Cl. The summed E-state index contributed by atoms with van der Waals surface area (Å²) in [6.45, 7) is 2.42. The molecule has 0 aliphatic heterocycles. The Kier molecular flexibility index (Phi) is 24.6. The maximum Gasteiger partial charge on any atom is 0.0582 e. The summed E-state index contributed by atoms with van der Waals surface area (Å²) >= 11 is 0. The zero-order valence-electron chi connectivity index (χ0n) is 15.7. The van der Waals surface area contributed by atoms with Crippen molar-refractivity contribution in [3.8, 4) is 0 Å². The lowest BCUT2D eigenvalue weighted by molar-refractivity contribution is 0.257. The van der Waals surface area contributed by atoms with Crippen LogP contribution in [0.5, 0.6) is 0 Å². The van der Waals surface area contributed by atoms with E-state index < -0.39 is 0 Å². The van der Waals surface area contributed by atoms with E-state index in [9.17, 15) is 0 Å². The van der Waals surface area contributed by atoms with Gasteiger partial charge < -0.3 is 10.8 Å². The molecule has 0 saturated heterocycles. The molecule has 0 aliphatic carbocycles. The van der Waals surface area contributed by atoms with Crippen LogP contribution in [0.1, 0.15) is 116 Å². The summed E-state index contributed by atoms with van der Waals surface area (Å²) in [5.41, 5.74) is 5.68. The van der Waals surface area contributed by atoms with E-state index in [0.717, 1.165) is 6.42 Å². The fraction of sp³-hybridized carbons (Fsp3) is 1.00. The monoisotopic (exact) mass is 349 g/mol. The van der Waals surface area contributed by atoms with Crippen LogP contribution in [0.2, 0.25) is 0 Å². The molecule has 142 valence electrons. The lowest BCUT2D eigenvalue weighted by Crippen LogP contribution is -2.23. The maximum atomic E-state index is 8.84. The first-order valence-corrected chi connectivity index (χ1v) is 10.2. The van der Waals surface area contributed by atoms with Crippen molar-refractivity contribution in [2.24, 2.45) is 5.73 Å². The summed E-state index contributed by atoms with van der Waals surface area (Å²) in [7, 11) is 0. The molecule has 1 unspecified atom stereocenters. The number of aliphatic hydroxyl groups excluding tert-OH is 1. The Labute approximate surface area is 152 Å². The second-order valence-electron chi connectivity index (χ2n) is 7.03. The van der Waals surface area contributed by atoms with E-state index >= 15 is 0 Å². The van der Waals surface area contributed by atoms with E-state index in [0.29, 0.717) is 0 Å². The normalized spacial score (nSPS) is 12.1. The summed E-state index contributed by atoms with van der Waals surface area (Å²) in [4.78, 5) is 0. The van der Waals surface area contributed by atoms with Crippen molar-refractivity contribution in [1.29, 1.82) is 0 Å². The number of halogens is 1. The molecule has 0 aliphatic rings. The lowest BCUT2D eigenvalue weighted by atomic mass is 10.0. The molecule has 0 rings (SSSR count). The molecule has 3 N–H and O–H groups in total. The fourth-order valence-electron chi connectivity index (χ4n) is 3.05. The van der Waals surface area contributed by atoms with Crippen molar-refractivity contribution in [2.45, 2.75) is 122 Å². The molecule has 0 fully saturated rings. The number of unbranched alkanes of at least 4 members (excludes halogenated alkanes) is 15. The molecule has 0 bridgehead atoms. The molecule has 0 spiro atoms. The van der Waals surface area contributed by atoms with Crippen molar-refractivity contribution in [1.82, 2.24) is 0 Å². The Morgan fingerprint density at radius 1 is 0.609 bits per heavy atom. The summed E-state index contributed by atoms with van der Waals surface area (Å²) in [5.74, 6) is 0. The van der Waals surface area contributed by atoms with E-state index in [4.69, 9.17) is 10.8 Å². The van der Waals surface area contributed by atoms with Crippen LogP contribution in [-0.4, -0.2) is 17.8 Å². The van der Waals surface area contributed by atoms with Crippen LogP contribution in [0.15, 0.2) is 0 Å². The van der Waals surface area contributed by atoms with Crippen molar-refractivity contribution < 1.29 is 5.11 Å². The maximum absolute atomic E-state index is 8.84. The Morgan fingerprint density at radius 3 is 1.22 bits per heavy atom. The zero-order chi connectivity index (χ0) is 16.3. The van der Waals surface area contributed by atoms with Gasteiger partial charge >= 0.3 is 0 Å². The Balaban J connectivity index is 0. The molecule has 0 heterocycles. The molecule has 0 amide bonds. The van der Waals surface area contributed by atoms with Crippen molar-refractivity contribution >= 4 is 12.4 Å². The van der Waals surface area contributed by atoms with Gasteiger partial charge in [0.05, 0.1) is 6.61 Å². The van der Waals surface area contributed by atoms with Crippen LogP contribution in [0.3, 0.4) is 0 Å². The molecule has 0 aromatic heterocycles. The van der Waals surface area contributed by atoms with Crippen LogP contribution < -0.4 is 5.73 Å². The molecule has 23 heavy (non-hydrogen) atoms. The van der Waals surface area contributed by atoms with E-state index in [1.54, 1.807) is 0 Å². The molecule has 2 nitrogen and oxygen atoms in total. The predicted molar refractivity (Wildman–Crippen MR) is 106 cm³/mol. The van der Waals surface area contributed by atoms with Gasteiger partial charge in [-0.05, 0) is 6.42 Å². The quantitative estimate of drug-likeness (QED) is 0.282. The average Bonchev–Trinajstić information content (AvgIpc) is 2.54. The first-order chi connectivity index (χ1) is 10.8. The minimum absolute atomic E-state index is 0. The van der Waals surface area contributed by atoms with Crippen LogP contribution in [-0.2, 0) is 0 Å². The van der Waals surface area contributed by atoms with Crippen LogP contribution in [0.25, 0.3) is 0 Å². The predicted octanol–water partition coefficient (Wildman–Crippen LogP) is 6.38. The van der Waals surface area contributed by atoms with Gasteiger partial charge in [0.15, 0.2) is 0 Å². The fourth-order valence-corrected chi connectivity index (χ4v) is 3.05. The van der Waals surface area contributed by atoms with Gasteiger partial charge in [-0.25, -0.2) is 0 Å². The molecule has 0 saturated carbocycles. The van der Waals surface area contributed by atoms with E-state index in [2.05, 4.69) is 6.92 Å². The van der Waals surface area contributed by atoms with Gasteiger partial charge in [0.25, 0.3) is 0 Å². The average molecular weight is 350 g/mol. The first kappa shape index (κ1) is 25.5. The lowest BCUT2D eigenvalue weighted by Gasteiger charge is -2.07. The first-order valence-electron chi connectivity index (χ1n) is 10.2. The van der Waals surface area contributed by atoms with Gasteiger partial charge in [-0.3, -0.25) is 0 Å². The van der Waals surface area contributed by atoms with E-state index in [1.165, 1.54) is 103 Å². The topological polar surface area (TPSA) is 46.2 Å². The summed E-state index contributed by atoms with van der Waals surface area (Å²) in [6, 6.07) is 0.00615. The van der Waals surface area contributed by atoms with Crippen molar-refractivity contribution in [3.05, 3.63) is 0 Å². The zero-order valence-corrected chi connectivity index (χ0v) is 16.6. The number of aliphatic hydroxyl groups is 1. The summed E-state index contributed by atoms with van der Waals surface area (Å²) in [5, 5.41) is 8.84. The molecular formula is C20H44ClNO. The van der Waals surface area contributed by atoms with Crippen LogP contribution in [0, 0.1) is 0 Å². The molecular weight excluding hydrogens is 306 g/mol. The van der Waals surface area contributed by atoms with Crippen molar-refractivity contribution in [2.75, 3.05) is 6.61 Å². The largest absolute Gasteiger partial charge is 0.395 e. The molecule has 0 aromatic carbocycles. The smallest absolute Gasteiger partial charge is 0.0582 e. The minimum atomic E-state index is 0. The second-order valence-corrected chi connectivity index (χ2v) is 7.03.